The first kappa shape index (κ1) is 51.6. The molecule has 2 N–H and O–H groups in total. The molecule has 0 spiro atoms. The molecule has 1 amide bonds. The Labute approximate surface area is 332 Å². The first-order chi connectivity index (χ1) is 26.1. The van der Waals surface area contributed by atoms with Crippen molar-refractivity contribution in [3.05, 3.63) is 24.3 Å². The summed E-state index contributed by atoms with van der Waals surface area (Å²) in [5.74, 6) is 0.562. The Bertz CT molecular complexity index is 806. The van der Waals surface area contributed by atoms with E-state index in [1.54, 1.807) is 0 Å². The van der Waals surface area contributed by atoms with Gasteiger partial charge in [-0.15, -0.1) is 0 Å². The molecule has 0 fully saturated rings. The van der Waals surface area contributed by atoms with Gasteiger partial charge in [0.1, 0.15) is 5.78 Å². The maximum absolute atomic E-state index is 12.4. The highest BCUT2D eigenvalue weighted by atomic mass is 16.3. The standard InChI is InChI=1S/C49H93NO3/c1-3-5-7-9-11-13-15-17-19-21-22-24-26-30-34-38-42-47(46-51)50-49(53)45-41-37-33-29-28-32-36-40-44-48(52)43-39-35-31-27-25-23-20-18-16-14-12-10-8-6-4-2/h12,14,18,20,47,51H,3-11,13,15-17,19,21-46H2,1-2H3,(H,50,53)/t47-/m0/s1. The molecule has 0 rings (SSSR count). The summed E-state index contributed by atoms with van der Waals surface area (Å²) in [6, 6.07) is -0.0821. The van der Waals surface area contributed by atoms with Crippen molar-refractivity contribution in [2.75, 3.05) is 6.61 Å². The molecule has 53 heavy (non-hydrogen) atoms. The quantitative estimate of drug-likeness (QED) is 0.0482. The summed E-state index contributed by atoms with van der Waals surface area (Å²) >= 11 is 0. The molecule has 0 heterocycles. The smallest absolute Gasteiger partial charge is 0.220 e. The maximum Gasteiger partial charge on any atom is 0.220 e. The van der Waals surface area contributed by atoms with E-state index in [2.05, 4.69) is 43.5 Å². The Morgan fingerprint density at radius 3 is 1.21 bits per heavy atom. The third-order valence-electron chi connectivity index (χ3n) is 11.0. The average molecular weight is 744 g/mol. The third-order valence-corrected chi connectivity index (χ3v) is 11.0. The summed E-state index contributed by atoms with van der Waals surface area (Å²) in [4.78, 5) is 24.6. The van der Waals surface area contributed by atoms with Gasteiger partial charge in [0.2, 0.25) is 5.91 Å². The lowest BCUT2D eigenvalue weighted by Crippen LogP contribution is -2.37. The Morgan fingerprint density at radius 1 is 0.434 bits per heavy atom. The number of hydrogen-bond donors (Lipinski definition) is 2. The summed E-state index contributed by atoms with van der Waals surface area (Å²) < 4.78 is 0. The Morgan fingerprint density at radius 2 is 0.774 bits per heavy atom. The van der Waals surface area contributed by atoms with Gasteiger partial charge in [-0.1, -0.05) is 212 Å². The van der Waals surface area contributed by atoms with Crippen LogP contribution in [0.25, 0.3) is 0 Å². The number of aliphatic hydroxyl groups excluding tert-OH is 1. The molecule has 312 valence electrons. The molecule has 0 aliphatic rings. The van der Waals surface area contributed by atoms with Crippen molar-refractivity contribution in [2.24, 2.45) is 0 Å². The molecule has 4 heteroatoms. The number of carbonyl (C=O) groups excluding carboxylic acids is 2. The molecule has 0 aromatic carbocycles. The number of Topliss-reactive ketones (excluding diaryl/α,β-unsaturated/α-hetero) is 1. The number of allylic oxidation sites excluding steroid dienone is 4. The van der Waals surface area contributed by atoms with E-state index >= 15 is 0 Å². The number of amides is 1. The molecule has 0 aliphatic heterocycles. The zero-order valence-electron chi connectivity index (χ0n) is 35.9. The zero-order valence-corrected chi connectivity index (χ0v) is 35.9. The lowest BCUT2D eigenvalue weighted by atomic mass is 10.0. The van der Waals surface area contributed by atoms with Crippen LogP contribution in [0.1, 0.15) is 264 Å². The topological polar surface area (TPSA) is 66.4 Å². The van der Waals surface area contributed by atoms with Crippen LogP contribution < -0.4 is 5.32 Å². The number of nitrogens with one attached hydrogen (secondary N) is 1. The van der Waals surface area contributed by atoms with Gasteiger partial charge in [-0.3, -0.25) is 9.59 Å². The van der Waals surface area contributed by atoms with Gasteiger partial charge < -0.3 is 10.4 Å². The predicted octanol–water partition coefficient (Wildman–Crippen LogP) is 15.4. The van der Waals surface area contributed by atoms with E-state index in [4.69, 9.17) is 0 Å². The Balaban J connectivity index is 3.44. The van der Waals surface area contributed by atoms with Crippen LogP contribution in [0.4, 0.5) is 0 Å². The second-order valence-corrected chi connectivity index (χ2v) is 16.4. The first-order valence-corrected chi connectivity index (χ1v) is 23.9. The van der Waals surface area contributed by atoms with Gasteiger partial charge in [-0.2, -0.15) is 0 Å². The van der Waals surface area contributed by atoms with Crippen LogP contribution in [-0.2, 0) is 9.59 Å². The molecule has 0 radical (unpaired) electrons. The van der Waals surface area contributed by atoms with Crippen molar-refractivity contribution >= 4 is 11.7 Å². The highest BCUT2D eigenvalue weighted by Gasteiger charge is 2.11. The van der Waals surface area contributed by atoms with Crippen molar-refractivity contribution in [3.8, 4) is 0 Å². The monoisotopic (exact) mass is 744 g/mol. The summed E-state index contributed by atoms with van der Waals surface area (Å²) in [6.07, 6.45) is 56.7. The third kappa shape index (κ3) is 43.2. The van der Waals surface area contributed by atoms with Gasteiger partial charge >= 0.3 is 0 Å². The second-order valence-electron chi connectivity index (χ2n) is 16.4. The molecule has 0 aliphatic carbocycles. The second kappa shape index (κ2) is 45.0. The summed E-state index contributed by atoms with van der Waals surface area (Å²) in [5.41, 5.74) is 0. The maximum atomic E-state index is 12.4. The minimum Gasteiger partial charge on any atom is -0.394 e. The highest BCUT2D eigenvalue weighted by molar-refractivity contribution is 5.78. The molecule has 0 saturated carbocycles. The van der Waals surface area contributed by atoms with Crippen molar-refractivity contribution in [1.29, 1.82) is 0 Å². The van der Waals surface area contributed by atoms with E-state index < -0.39 is 0 Å². The molecule has 1 atom stereocenters. The van der Waals surface area contributed by atoms with Crippen LogP contribution >= 0.6 is 0 Å². The van der Waals surface area contributed by atoms with Crippen LogP contribution in [0, 0.1) is 0 Å². The number of unbranched alkanes of at least 4 members (excludes halogenated alkanes) is 30. The number of rotatable bonds is 44. The number of carbonyl (C=O) groups is 2. The predicted molar refractivity (Wildman–Crippen MR) is 234 cm³/mol. The molecule has 0 aromatic rings. The van der Waals surface area contributed by atoms with Crippen LogP contribution in [0.15, 0.2) is 24.3 Å². The fourth-order valence-corrected chi connectivity index (χ4v) is 7.37. The normalized spacial score (nSPS) is 12.4. The molecule has 0 unspecified atom stereocenters. The van der Waals surface area contributed by atoms with Crippen molar-refractivity contribution in [3.63, 3.8) is 0 Å². The largest absolute Gasteiger partial charge is 0.394 e. The average Bonchev–Trinajstić information content (AvgIpc) is 3.16. The van der Waals surface area contributed by atoms with E-state index in [-0.39, 0.29) is 18.6 Å². The number of aliphatic hydroxyl groups is 1. The van der Waals surface area contributed by atoms with Crippen molar-refractivity contribution in [2.45, 2.75) is 270 Å². The van der Waals surface area contributed by atoms with Crippen LogP contribution in [0.2, 0.25) is 0 Å². The summed E-state index contributed by atoms with van der Waals surface area (Å²) in [6.45, 7) is 4.59. The molecule has 0 saturated heterocycles. The van der Waals surface area contributed by atoms with Crippen LogP contribution in [0.5, 0.6) is 0 Å². The fraction of sp³-hybridized carbons (Fsp3) is 0.878. The van der Waals surface area contributed by atoms with Gasteiger partial charge in [0.05, 0.1) is 12.6 Å². The van der Waals surface area contributed by atoms with E-state index in [0.29, 0.717) is 12.2 Å². The summed E-state index contributed by atoms with van der Waals surface area (Å²) in [7, 11) is 0. The number of hydrogen-bond acceptors (Lipinski definition) is 3. The minimum absolute atomic E-state index is 0.0479. The minimum atomic E-state index is -0.0821. The molecular formula is C49H93NO3. The van der Waals surface area contributed by atoms with Crippen LogP contribution in [-0.4, -0.2) is 29.4 Å². The summed E-state index contributed by atoms with van der Waals surface area (Å²) in [5, 5.41) is 12.8. The van der Waals surface area contributed by atoms with Gasteiger partial charge in [0, 0.05) is 19.3 Å². The van der Waals surface area contributed by atoms with Gasteiger partial charge in [-0.05, 0) is 57.8 Å². The van der Waals surface area contributed by atoms with Gasteiger partial charge in [0.25, 0.3) is 0 Å². The van der Waals surface area contributed by atoms with Gasteiger partial charge in [0.15, 0.2) is 0 Å². The SMILES string of the molecule is CCCCCC=CCC=CCCCCCCCC(=O)CCCCCCCCCCC(=O)N[C@H](CO)CCCCCCCCCCCCCCCCCC. The lowest BCUT2D eigenvalue weighted by molar-refractivity contribution is -0.122. The van der Waals surface area contributed by atoms with Crippen molar-refractivity contribution in [1.82, 2.24) is 5.32 Å². The Hall–Kier alpha value is -1.42. The fourth-order valence-electron chi connectivity index (χ4n) is 7.37. The lowest BCUT2D eigenvalue weighted by Gasteiger charge is -2.16. The van der Waals surface area contributed by atoms with E-state index in [9.17, 15) is 14.7 Å². The Kier molecular flexibility index (Phi) is 43.8. The zero-order chi connectivity index (χ0) is 38.6. The molecule has 0 aromatic heterocycles. The van der Waals surface area contributed by atoms with E-state index in [0.717, 1.165) is 64.2 Å². The molecule has 0 bridgehead atoms. The highest BCUT2D eigenvalue weighted by Crippen LogP contribution is 2.16. The van der Waals surface area contributed by atoms with Crippen molar-refractivity contribution < 1.29 is 14.7 Å². The van der Waals surface area contributed by atoms with E-state index in [1.165, 1.54) is 180 Å². The van der Waals surface area contributed by atoms with Crippen LogP contribution in [0.3, 0.4) is 0 Å². The number of ketones is 1. The van der Waals surface area contributed by atoms with Gasteiger partial charge in [-0.25, -0.2) is 0 Å². The van der Waals surface area contributed by atoms with E-state index in [1.807, 2.05) is 0 Å². The molecular weight excluding hydrogens is 651 g/mol. The first-order valence-electron chi connectivity index (χ1n) is 23.9. The molecule has 4 nitrogen and oxygen atoms in total.